The maximum Gasteiger partial charge on any atom is 0.121 e. The van der Waals surface area contributed by atoms with E-state index in [0.29, 0.717) is 11.6 Å². The molecule has 0 aromatic heterocycles. The van der Waals surface area contributed by atoms with E-state index in [1.54, 1.807) is 0 Å². The minimum absolute atomic E-state index is 0.0722. The minimum atomic E-state index is -0.425. The van der Waals surface area contributed by atoms with E-state index in [1.165, 1.54) is 5.56 Å². The topological polar surface area (TPSA) is 44.5 Å². The molecule has 0 unspecified atom stereocenters. The number of nitrogens with two attached hydrogens (primary N) is 1. The zero-order valence-corrected chi connectivity index (χ0v) is 11.9. The Kier molecular flexibility index (Phi) is 3.12. The molecule has 102 valence electrons. The minimum Gasteiger partial charge on any atom is -0.391 e. The summed E-state index contributed by atoms with van der Waals surface area (Å²) in [6.07, 6.45) is 2.74. The monoisotopic (exact) mass is 277 g/mol. The largest absolute Gasteiger partial charge is 0.391 e. The molecule has 2 N–H and O–H groups in total. The molecule has 0 aliphatic carbocycles. The molecule has 3 nitrogen and oxygen atoms in total. The number of thiocarbonyl (C=S) groups is 1. The molecule has 2 heterocycles. The summed E-state index contributed by atoms with van der Waals surface area (Å²) >= 11 is 5.17. The summed E-state index contributed by atoms with van der Waals surface area (Å²) in [5.74, 6) is 0. The summed E-state index contributed by atoms with van der Waals surface area (Å²) < 4.78 is 12.2. The van der Waals surface area contributed by atoms with Crippen LogP contribution in [0.15, 0.2) is 30.3 Å². The summed E-state index contributed by atoms with van der Waals surface area (Å²) in [7, 11) is 0. The molecule has 4 heteroatoms. The molecular weight excluding hydrogens is 258 g/mol. The van der Waals surface area contributed by atoms with Gasteiger partial charge < -0.3 is 15.2 Å². The first-order valence-corrected chi connectivity index (χ1v) is 7.11. The van der Waals surface area contributed by atoms with Crippen LogP contribution >= 0.6 is 12.2 Å². The molecule has 0 saturated carbocycles. The van der Waals surface area contributed by atoms with Crippen LogP contribution in [-0.4, -0.2) is 22.3 Å². The van der Waals surface area contributed by atoms with Gasteiger partial charge in [0.1, 0.15) is 10.6 Å². The zero-order chi connectivity index (χ0) is 13.5. The lowest BCUT2D eigenvalue weighted by Crippen LogP contribution is -2.42. The van der Waals surface area contributed by atoms with Crippen molar-refractivity contribution in [3.63, 3.8) is 0 Å². The maximum absolute atomic E-state index is 6.12. The molecule has 0 radical (unpaired) electrons. The first-order chi connectivity index (χ1) is 9.04. The molecular formula is C15H19NO2S. The molecule has 2 bridgehead atoms. The van der Waals surface area contributed by atoms with Gasteiger partial charge in [0, 0.05) is 6.42 Å². The van der Waals surface area contributed by atoms with Gasteiger partial charge in [-0.3, -0.25) is 0 Å². The molecule has 2 fully saturated rings. The zero-order valence-electron chi connectivity index (χ0n) is 11.1. The smallest absolute Gasteiger partial charge is 0.121 e. The van der Waals surface area contributed by atoms with Gasteiger partial charge in [-0.25, -0.2) is 0 Å². The van der Waals surface area contributed by atoms with Crippen LogP contribution in [0.2, 0.25) is 0 Å². The van der Waals surface area contributed by atoms with Gasteiger partial charge >= 0.3 is 0 Å². The van der Waals surface area contributed by atoms with Crippen LogP contribution in [-0.2, 0) is 16.1 Å². The third-order valence-electron chi connectivity index (χ3n) is 4.39. The quantitative estimate of drug-likeness (QED) is 0.859. The van der Waals surface area contributed by atoms with Crippen molar-refractivity contribution in [3.05, 3.63) is 35.9 Å². The van der Waals surface area contributed by atoms with Crippen molar-refractivity contribution in [2.75, 3.05) is 0 Å². The second-order valence-electron chi connectivity index (χ2n) is 5.76. The molecule has 2 saturated heterocycles. The highest BCUT2D eigenvalue weighted by Crippen LogP contribution is 2.52. The Balaban J connectivity index is 1.69. The van der Waals surface area contributed by atoms with Crippen molar-refractivity contribution >= 4 is 17.2 Å². The van der Waals surface area contributed by atoms with Gasteiger partial charge in [0.25, 0.3) is 0 Å². The fourth-order valence-electron chi connectivity index (χ4n) is 3.16. The van der Waals surface area contributed by atoms with Crippen LogP contribution in [0.3, 0.4) is 0 Å². The van der Waals surface area contributed by atoms with Gasteiger partial charge in [-0.1, -0.05) is 42.5 Å². The first-order valence-electron chi connectivity index (χ1n) is 6.70. The molecule has 2 aliphatic heterocycles. The molecule has 1 aromatic rings. The highest BCUT2D eigenvalue weighted by atomic mass is 32.1. The third kappa shape index (κ3) is 2.18. The van der Waals surface area contributed by atoms with E-state index in [4.69, 9.17) is 27.4 Å². The first kappa shape index (κ1) is 13.0. The molecule has 19 heavy (non-hydrogen) atoms. The fourth-order valence-corrected chi connectivity index (χ4v) is 3.39. The molecule has 1 aromatic carbocycles. The number of rotatable bonds is 4. The second kappa shape index (κ2) is 4.54. The van der Waals surface area contributed by atoms with Crippen molar-refractivity contribution in [2.24, 2.45) is 5.73 Å². The molecule has 0 spiro atoms. The Morgan fingerprint density at radius 2 is 2.16 bits per heavy atom. The lowest BCUT2D eigenvalue weighted by molar-refractivity contribution is -0.0755. The van der Waals surface area contributed by atoms with E-state index in [9.17, 15) is 0 Å². The average Bonchev–Trinajstić information content (AvgIpc) is 2.90. The lowest BCUT2D eigenvalue weighted by atomic mass is 9.80. The standard InChI is InChI=1S/C15H19NO2S/c1-14-7-8-15(18-14,13(16)19)9-12(14)17-10-11-5-3-2-4-6-11/h2-6,12H,7-10H2,1H3,(H2,16,19)/t12-,14+,15-/m0/s1. The van der Waals surface area contributed by atoms with Crippen molar-refractivity contribution in [1.82, 2.24) is 0 Å². The molecule has 0 amide bonds. The summed E-state index contributed by atoms with van der Waals surface area (Å²) in [6, 6.07) is 10.2. The van der Waals surface area contributed by atoms with E-state index in [0.717, 1.165) is 19.3 Å². The Hall–Kier alpha value is -0.970. The Morgan fingerprint density at radius 3 is 2.79 bits per heavy atom. The molecule has 3 atom stereocenters. The summed E-state index contributed by atoms with van der Waals surface area (Å²) in [5, 5.41) is 0. The predicted molar refractivity (Wildman–Crippen MR) is 77.9 cm³/mol. The summed E-state index contributed by atoms with van der Waals surface area (Å²) in [4.78, 5) is 0.474. The SMILES string of the molecule is C[C@@]12CC[C@@](C(N)=S)(C[C@@H]1OCc1ccccc1)O2. The number of fused-ring (bicyclic) bond motifs is 2. The van der Waals surface area contributed by atoms with Crippen LogP contribution in [0.25, 0.3) is 0 Å². The van der Waals surface area contributed by atoms with E-state index < -0.39 is 5.60 Å². The molecule has 3 rings (SSSR count). The van der Waals surface area contributed by atoms with Crippen molar-refractivity contribution in [1.29, 1.82) is 0 Å². The highest BCUT2D eigenvalue weighted by Gasteiger charge is 2.61. The van der Waals surface area contributed by atoms with Gasteiger partial charge in [-0.05, 0) is 25.3 Å². The van der Waals surface area contributed by atoms with E-state index >= 15 is 0 Å². The number of hydrogen-bond acceptors (Lipinski definition) is 3. The van der Waals surface area contributed by atoms with Gasteiger partial charge in [-0.15, -0.1) is 0 Å². The van der Waals surface area contributed by atoms with Gasteiger partial charge in [0.2, 0.25) is 0 Å². The van der Waals surface area contributed by atoms with Gasteiger partial charge in [0.15, 0.2) is 0 Å². The summed E-state index contributed by atoms with van der Waals surface area (Å²) in [5.41, 5.74) is 6.37. The van der Waals surface area contributed by atoms with Crippen LogP contribution in [0.1, 0.15) is 31.7 Å². The van der Waals surface area contributed by atoms with Gasteiger partial charge in [0.05, 0.1) is 18.3 Å². The van der Waals surface area contributed by atoms with E-state index in [-0.39, 0.29) is 11.7 Å². The highest BCUT2D eigenvalue weighted by molar-refractivity contribution is 7.80. The van der Waals surface area contributed by atoms with Crippen molar-refractivity contribution < 1.29 is 9.47 Å². The maximum atomic E-state index is 6.12. The number of benzene rings is 1. The number of hydrogen-bond donors (Lipinski definition) is 1. The third-order valence-corrected chi connectivity index (χ3v) is 4.77. The average molecular weight is 277 g/mol. The van der Waals surface area contributed by atoms with Crippen LogP contribution < -0.4 is 5.73 Å². The number of ether oxygens (including phenoxy) is 2. The van der Waals surface area contributed by atoms with E-state index in [2.05, 4.69) is 19.1 Å². The lowest BCUT2D eigenvalue weighted by Gasteiger charge is -2.29. The van der Waals surface area contributed by atoms with Crippen LogP contribution in [0.5, 0.6) is 0 Å². The van der Waals surface area contributed by atoms with Gasteiger partial charge in [-0.2, -0.15) is 0 Å². The Bertz CT molecular complexity index is 492. The van der Waals surface area contributed by atoms with Crippen molar-refractivity contribution in [2.45, 2.75) is 50.1 Å². The summed E-state index contributed by atoms with van der Waals surface area (Å²) in [6.45, 7) is 2.72. The molecule has 2 aliphatic rings. The predicted octanol–water partition coefficient (Wildman–Crippen LogP) is 2.57. The van der Waals surface area contributed by atoms with E-state index in [1.807, 2.05) is 18.2 Å². The fraction of sp³-hybridized carbons (Fsp3) is 0.533. The van der Waals surface area contributed by atoms with Crippen LogP contribution in [0.4, 0.5) is 0 Å². The normalized spacial score (nSPS) is 36.6. The van der Waals surface area contributed by atoms with Crippen LogP contribution in [0, 0.1) is 0 Å². The second-order valence-corrected chi connectivity index (χ2v) is 6.20. The Labute approximate surface area is 119 Å². The Morgan fingerprint density at radius 1 is 1.42 bits per heavy atom. The van der Waals surface area contributed by atoms with Crippen molar-refractivity contribution in [3.8, 4) is 0 Å².